The van der Waals surface area contributed by atoms with E-state index in [9.17, 15) is 4.39 Å². The molecule has 0 fully saturated rings. The molecule has 0 heterocycles. The lowest BCUT2D eigenvalue weighted by molar-refractivity contribution is 0.588. The van der Waals surface area contributed by atoms with Gasteiger partial charge in [0.1, 0.15) is 5.82 Å². The van der Waals surface area contributed by atoms with Gasteiger partial charge in [0, 0.05) is 5.02 Å². The molecule has 0 aliphatic rings. The lowest BCUT2D eigenvalue weighted by Crippen LogP contribution is -2.24. The van der Waals surface area contributed by atoms with Gasteiger partial charge in [0.2, 0.25) is 0 Å². The van der Waals surface area contributed by atoms with Crippen LogP contribution in [-0.4, -0.2) is 6.54 Å². The normalized spacial score (nSPS) is 12.4. The minimum atomic E-state index is -0.201. The third kappa shape index (κ3) is 3.84. The molecule has 0 bridgehead atoms. The highest BCUT2D eigenvalue weighted by Gasteiger charge is 2.18. The molecule has 3 heteroatoms. The van der Waals surface area contributed by atoms with Crippen molar-refractivity contribution < 1.29 is 4.39 Å². The molecule has 2 aromatic rings. The van der Waals surface area contributed by atoms with Crippen LogP contribution in [0, 0.1) is 19.7 Å². The number of nitrogens with one attached hydrogen (secondary N) is 1. The maximum atomic E-state index is 13.4. The van der Waals surface area contributed by atoms with Gasteiger partial charge in [0.15, 0.2) is 0 Å². The zero-order valence-corrected chi connectivity index (χ0v) is 13.5. The van der Waals surface area contributed by atoms with Crippen molar-refractivity contribution in [2.45, 2.75) is 33.2 Å². The van der Waals surface area contributed by atoms with Crippen LogP contribution in [0.5, 0.6) is 0 Å². The quantitative estimate of drug-likeness (QED) is 0.802. The molecule has 0 aliphatic heterocycles. The summed E-state index contributed by atoms with van der Waals surface area (Å²) < 4.78 is 13.4. The topological polar surface area (TPSA) is 12.0 Å². The van der Waals surface area contributed by atoms with Crippen LogP contribution in [0.3, 0.4) is 0 Å². The summed E-state index contributed by atoms with van der Waals surface area (Å²) >= 11 is 6.16. The van der Waals surface area contributed by atoms with Gasteiger partial charge in [0.25, 0.3) is 0 Å². The van der Waals surface area contributed by atoms with Crippen molar-refractivity contribution in [2.75, 3.05) is 6.54 Å². The van der Waals surface area contributed by atoms with E-state index in [1.54, 1.807) is 6.07 Å². The Hall–Kier alpha value is -1.38. The first-order valence-corrected chi connectivity index (χ1v) is 7.66. The van der Waals surface area contributed by atoms with Gasteiger partial charge in [-0.2, -0.15) is 0 Å². The van der Waals surface area contributed by atoms with Gasteiger partial charge in [-0.25, -0.2) is 4.39 Å². The molecule has 1 nitrogen and oxygen atoms in total. The van der Waals surface area contributed by atoms with Crippen LogP contribution >= 0.6 is 11.6 Å². The second kappa shape index (κ2) is 7.06. The van der Waals surface area contributed by atoms with Gasteiger partial charge in [-0.1, -0.05) is 30.7 Å². The molecule has 0 radical (unpaired) electrons. The van der Waals surface area contributed by atoms with Crippen LogP contribution in [0.25, 0.3) is 0 Å². The lowest BCUT2D eigenvalue weighted by Gasteiger charge is -2.23. The molecule has 0 saturated heterocycles. The first-order valence-electron chi connectivity index (χ1n) is 7.28. The lowest BCUT2D eigenvalue weighted by atomic mass is 9.92. The van der Waals surface area contributed by atoms with E-state index < -0.39 is 0 Å². The summed E-state index contributed by atoms with van der Waals surface area (Å²) in [6.07, 6.45) is 1.04. The minimum Gasteiger partial charge on any atom is -0.306 e. The molecule has 1 N–H and O–H groups in total. The zero-order chi connectivity index (χ0) is 15.4. The Kier molecular flexibility index (Phi) is 5.38. The van der Waals surface area contributed by atoms with E-state index in [0.717, 1.165) is 34.7 Å². The minimum absolute atomic E-state index is 0.0317. The smallest absolute Gasteiger partial charge is 0.123 e. The van der Waals surface area contributed by atoms with Crippen molar-refractivity contribution in [1.82, 2.24) is 5.32 Å². The van der Waals surface area contributed by atoms with Crippen molar-refractivity contribution in [3.63, 3.8) is 0 Å². The summed E-state index contributed by atoms with van der Waals surface area (Å²) in [7, 11) is 0. The Bertz CT molecular complexity index is 625. The predicted molar refractivity (Wildman–Crippen MR) is 87.5 cm³/mol. The Morgan fingerprint density at radius 2 is 1.81 bits per heavy atom. The van der Waals surface area contributed by atoms with E-state index >= 15 is 0 Å². The molecule has 1 atom stereocenters. The first kappa shape index (κ1) is 16.0. The highest BCUT2D eigenvalue weighted by Crippen LogP contribution is 2.29. The monoisotopic (exact) mass is 305 g/mol. The Balaban J connectivity index is 2.49. The average molecular weight is 306 g/mol. The van der Waals surface area contributed by atoms with Crippen molar-refractivity contribution >= 4 is 11.6 Å². The number of aryl methyl sites for hydroxylation is 2. The number of hydrogen-bond acceptors (Lipinski definition) is 1. The van der Waals surface area contributed by atoms with Gasteiger partial charge in [0.05, 0.1) is 6.04 Å². The van der Waals surface area contributed by atoms with Gasteiger partial charge < -0.3 is 5.32 Å². The largest absolute Gasteiger partial charge is 0.306 e. The third-order valence-electron chi connectivity index (χ3n) is 3.69. The average Bonchev–Trinajstić information content (AvgIpc) is 2.44. The fraction of sp³-hybridized carbons (Fsp3) is 0.333. The summed E-state index contributed by atoms with van der Waals surface area (Å²) in [5.41, 5.74) is 4.36. The highest BCUT2D eigenvalue weighted by atomic mass is 35.5. The van der Waals surface area contributed by atoms with Crippen molar-refractivity contribution in [2.24, 2.45) is 0 Å². The fourth-order valence-electron chi connectivity index (χ4n) is 2.56. The summed E-state index contributed by atoms with van der Waals surface area (Å²) in [5.74, 6) is -0.201. The van der Waals surface area contributed by atoms with Crippen LogP contribution in [-0.2, 0) is 0 Å². The molecular weight excluding hydrogens is 285 g/mol. The summed E-state index contributed by atoms with van der Waals surface area (Å²) in [4.78, 5) is 0. The maximum Gasteiger partial charge on any atom is 0.123 e. The molecule has 112 valence electrons. The molecule has 2 rings (SSSR count). The van der Waals surface area contributed by atoms with Crippen molar-refractivity contribution in [3.8, 4) is 0 Å². The van der Waals surface area contributed by atoms with Crippen molar-refractivity contribution in [3.05, 3.63) is 69.5 Å². The van der Waals surface area contributed by atoms with E-state index in [1.807, 2.05) is 31.2 Å². The third-order valence-corrected chi connectivity index (χ3v) is 3.93. The van der Waals surface area contributed by atoms with E-state index in [1.165, 1.54) is 11.6 Å². The standard InChI is InChI=1S/C18H21ClFN/c1-4-9-21-18(16-8-7-15(20)10-13(16)3)17-11-14(19)6-5-12(17)2/h5-8,10-11,18,21H,4,9H2,1-3H3. The van der Waals surface area contributed by atoms with Crippen LogP contribution in [0.1, 0.15) is 41.6 Å². The van der Waals surface area contributed by atoms with Crippen molar-refractivity contribution in [1.29, 1.82) is 0 Å². The van der Waals surface area contributed by atoms with Crippen LogP contribution < -0.4 is 5.32 Å². The second-order valence-corrected chi connectivity index (χ2v) is 5.83. The van der Waals surface area contributed by atoms with Gasteiger partial charge in [-0.05, 0) is 73.3 Å². The molecule has 0 amide bonds. The highest BCUT2D eigenvalue weighted by molar-refractivity contribution is 6.30. The fourth-order valence-corrected chi connectivity index (χ4v) is 2.74. The molecule has 0 saturated carbocycles. The van der Waals surface area contributed by atoms with Gasteiger partial charge >= 0.3 is 0 Å². The van der Waals surface area contributed by atoms with Crippen LogP contribution in [0.2, 0.25) is 5.02 Å². The Labute approximate surface area is 131 Å². The number of benzene rings is 2. The van der Waals surface area contributed by atoms with Crippen LogP contribution in [0.15, 0.2) is 36.4 Å². The molecule has 0 aromatic heterocycles. The first-order chi connectivity index (χ1) is 10.0. The number of halogens is 2. The summed E-state index contributed by atoms with van der Waals surface area (Å²) in [6, 6.07) is 10.9. The number of rotatable bonds is 5. The van der Waals surface area contributed by atoms with E-state index in [2.05, 4.69) is 19.2 Å². The van der Waals surface area contributed by atoms with E-state index in [0.29, 0.717) is 0 Å². The maximum absolute atomic E-state index is 13.4. The van der Waals surface area contributed by atoms with E-state index in [4.69, 9.17) is 11.6 Å². The summed E-state index contributed by atoms with van der Waals surface area (Å²) in [6.45, 7) is 7.05. The molecular formula is C18H21ClFN. The Morgan fingerprint density at radius 3 is 2.48 bits per heavy atom. The SMILES string of the molecule is CCCNC(c1ccc(F)cc1C)c1cc(Cl)ccc1C. The van der Waals surface area contributed by atoms with Gasteiger partial charge in [-0.15, -0.1) is 0 Å². The zero-order valence-electron chi connectivity index (χ0n) is 12.7. The predicted octanol–water partition coefficient (Wildman–Crippen LogP) is 5.18. The molecule has 0 spiro atoms. The Morgan fingerprint density at radius 1 is 1.05 bits per heavy atom. The van der Waals surface area contributed by atoms with E-state index in [-0.39, 0.29) is 11.9 Å². The van der Waals surface area contributed by atoms with Gasteiger partial charge in [-0.3, -0.25) is 0 Å². The molecule has 2 aromatic carbocycles. The summed E-state index contributed by atoms with van der Waals surface area (Å²) in [5, 5.41) is 4.27. The second-order valence-electron chi connectivity index (χ2n) is 5.39. The molecule has 0 aliphatic carbocycles. The molecule has 1 unspecified atom stereocenters. The molecule has 21 heavy (non-hydrogen) atoms. The van der Waals surface area contributed by atoms with Crippen LogP contribution in [0.4, 0.5) is 4.39 Å². The number of hydrogen-bond donors (Lipinski definition) is 1.